The second kappa shape index (κ2) is 13.6. The van der Waals surface area contributed by atoms with Crippen LogP contribution >= 0.6 is 0 Å². The first-order valence-electron chi connectivity index (χ1n) is 17.4. The second-order valence-electron chi connectivity index (χ2n) is 15.6. The van der Waals surface area contributed by atoms with Crippen molar-refractivity contribution in [3.63, 3.8) is 0 Å². The molecule has 9 atom stereocenters. The highest BCUT2D eigenvalue weighted by atomic mass is 19.1. The van der Waals surface area contributed by atoms with Crippen LogP contribution in [-0.4, -0.2) is 129 Å². The molecule has 3 aliphatic carbocycles. The van der Waals surface area contributed by atoms with E-state index in [1.807, 2.05) is 20.3 Å². The Balaban J connectivity index is 1.21. The van der Waals surface area contributed by atoms with E-state index in [0.29, 0.717) is 24.9 Å². The number of fused-ring (bicyclic) bond motifs is 3. The van der Waals surface area contributed by atoms with Gasteiger partial charge < -0.3 is 29.9 Å². The molecule has 44 heavy (non-hydrogen) atoms. The van der Waals surface area contributed by atoms with Gasteiger partial charge in [0, 0.05) is 38.3 Å². The Morgan fingerprint density at radius 1 is 1.11 bits per heavy atom. The summed E-state index contributed by atoms with van der Waals surface area (Å²) < 4.78 is 28.5. The van der Waals surface area contributed by atoms with Gasteiger partial charge in [0.2, 0.25) is 0 Å². The number of amides is 1. The zero-order valence-electron chi connectivity index (χ0n) is 27.4. The number of Topliss-reactive ketones (excluding diaryl/α,β-unsaturated/α-hetero) is 1. The lowest BCUT2D eigenvalue weighted by atomic mass is 9.65. The van der Waals surface area contributed by atoms with Crippen molar-refractivity contribution >= 4 is 11.7 Å². The summed E-state index contributed by atoms with van der Waals surface area (Å²) in [6.07, 6.45) is 8.34. The van der Waals surface area contributed by atoms with Crippen LogP contribution in [-0.2, 0) is 19.1 Å². The molecule has 3 saturated carbocycles. The Hall–Kier alpha value is -1.59. The number of hydrogen-bond donors (Lipinski definition) is 2. The normalized spacial score (nSPS) is 37.6. The number of morpholine rings is 2. The summed E-state index contributed by atoms with van der Waals surface area (Å²) in [5, 5.41) is 6.62. The Morgan fingerprint density at radius 2 is 1.84 bits per heavy atom. The van der Waals surface area contributed by atoms with Crippen LogP contribution in [0.25, 0.3) is 0 Å². The van der Waals surface area contributed by atoms with Crippen LogP contribution in [0.4, 0.5) is 4.39 Å². The molecule has 6 aliphatic rings. The highest BCUT2D eigenvalue weighted by molar-refractivity contribution is 6.20. The first kappa shape index (κ1) is 32.4. The molecular formula is C34H56FN5O4. The van der Waals surface area contributed by atoms with Crippen LogP contribution in [0.15, 0.2) is 11.8 Å². The average Bonchev–Trinajstić information content (AvgIpc) is 2.99. The number of nitrogens with zero attached hydrogens (tertiary/aromatic N) is 3. The maximum atomic E-state index is 16.1. The molecule has 0 bridgehead atoms. The monoisotopic (exact) mass is 617 g/mol. The summed E-state index contributed by atoms with van der Waals surface area (Å²) in [5.74, 6) is 0.183. The summed E-state index contributed by atoms with van der Waals surface area (Å²) >= 11 is 0. The number of ether oxygens (including phenoxy) is 2. The summed E-state index contributed by atoms with van der Waals surface area (Å²) in [7, 11) is 4.04. The third kappa shape index (κ3) is 6.89. The van der Waals surface area contributed by atoms with Gasteiger partial charge in [-0.1, -0.05) is 39.5 Å². The van der Waals surface area contributed by atoms with E-state index in [4.69, 9.17) is 9.47 Å². The van der Waals surface area contributed by atoms with E-state index in [2.05, 4.69) is 39.2 Å². The van der Waals surface area contributed by atoms with Crippen molar-refractivity contribution in [3.05, 3.63) is 11.8 Å². The number of carbonyl (C=O) groups is 2. The maximum absolute atomic E-state index is 16.1. The molecule has 9 nitrogen and oxygen atoms in total. The number of rotatable bonds is 10. The number of nitrogens with one attached hydrogen (secondary N) is 2. The van der Waals surface area contributed by atoms with E-state index in [1.165, 1.54) is 25.7 Å². The average molecular weight is 618 g/mol. The van der Waals surface area contributed by atoms with Crippen molar-refractivity contribution in [1.29, 1.82) is 0 Å². The van der Waals surface area contributed by atoms with Crippen LogP contribution in [0, 0.1) is 23.2 Å². The van der Waals surface area contributed by atoms with Gasteiger partial charge >= 0.3 is 0 Å². The van der Waals surface area contributed by atoms with E-state index in [-0.39, 0.29) is 47.3 Å². The van der Waals surface area contributed by atoms with E-state index in [0.717, 1.165) is 58.7 Å². The fourth-order valence-electron chi connectivity index (χ4n) is 9.42. The number of alkyl halides is 1. The zero-order chi connectivity index (χ0) is 31.0. The van der Waals surface area contributed by atoms with Gasteiger partial charge in [0.15, 0.2) is 5.78 Å². The molecule has 0 spiro atoms. The molecular weight excluding hydrogens is 561 g/mol. The number of ketones is 1. The van der Waals surface area contributed by atoms with Crippen LogP contribution in [0.5, 0.6) is 0 Å². The molecule has 9 unspecified atom stereocenters. The number of hydrogen-bond acceptors (Lipinski definition) is 8. The van der Waals surface area contributed by atoms with Crippen molar-refractivity contribution in [1.82, 2.24) is 25.3 Å². The highest BCUT2D eigenvalue weighted by Crippen LogP contribution is 2.50. The topological polar surface area (TPSA) is 86.4 Å². The van der Waals surface area contributed by atoms with Crippen molar-refractivity contribution < 1.29 is 23.5 Å². The van der Waals surface area contributed by atoms with Crippen LogP contribution in [0.1, 0.15) is 65.2 Å². The highest BCUT2D eigenvalue weighted by Gasteiger charge is 2.59. The summed E-state index contributed by atoms with van der Waals surface area (Å²) in [4.78, 5) is 34.4. The lowest BCUT2D eigenvalue weighted by molar-refractivity contribution is -0.208. The number of carbonyl (C=O) groups excluding carboxylic acids is 2. The lowest BCUT2D eigenvalue weighted by Crippen LogP contribution is -2.73. The largest absolute Gasteiger partial charge is 0.379 e. The third-order valence-corrected chi connectivity index (χ3v) is 11.3. The molecule has 0 aromatic heterocycles. The van der Waals surface area contributed by atoms with Gasteiger partial charge in [-0.15, -0.1) is 0 Å². The molecule has 248 valence electrons. The Morgan fingerprint density at radius 3 is 2.57 bits per heavy atom. The van der Waals surface area contributed by atoms with Gasteiger partial charge in [-0.25, -0.2) is 4.39 Å². The molecule has 0 aromatic carbocycles. The van der Waals surface area contributed by atoms with Crippen molar-refractivity contribution in [2.45, 2.75) is 102 Å². The van der Waals surface area contributed by atoms with Crippen molar-refractivity contribution in [2.24, 2.45) is 23.2 Å². The number of halogens is 1. The molecule has 10 heteroatoms. The molecule has 1 amide bonds. The quantitative estimate of drug-likeness (QED) is 0.286. The minimum atomic E-state index is -1.21. The standard InChI is InChI=1S/C34H56FN5O4/c1-34(2,21-38(3)4)20-37-33(42)25-19-40-27-16-22-8-5-6-9-23(22)17-28(27)44-32-29(26(35)18-24(30(32)40)31(25)41)36-10-7-11-39-12-14-43-15-13-39/h19,22-24,26-30,32,36H,5-18,20-21H2,1-4H3,(H,37,42). The van der Waals surface area contributed by atoms with Crippen molar-refractivity contribution in [2.75, 3.05) is 66.6 Å². The maximum Gasteiger partial charge on any atom is 0.256 e. The van der Waals surface area contributed by atoms with Crippen LogP contribution < -0.4 is 10.6 Å². The molecule has 6 rings (SSSR count). The predicted octanol–water partition coefficient (Wildman–Crippen LogP) is 2.60. The predicted molar refractivity (Wildman–Crippen MR) is 168 cm³/mol. The molecule has 3 aliphatic heterocycles. The molecule has 5 fully saturated rings. The lowest BCUT2D eigenvalue weighted by Gasteiger charge is -2.61. The molecule has 2 saturated heterocycles. The SMILES string of the molecule is CN(C)CC(C)(C)CNC(=O)C1=CN2C3CC4CCCCC4CC3OC3C(NCCCN4CCOCC4)C(F)CC(C1=O)C32. The van der Waals surface area contributed by atoms with E-state index in [9.17, 15) is 9.59 Å². The summed E-state index contributed by atoms with van der Waals surface area (Å²) in [6.45, 7) is 10.6. The van der Waals surface area contributed by atoms with Gasteiger partial charge in [-0.3, -0.25) is 14.5 Å². The zero-order valence-corrected chi connectivity index (χ0v) is 27.4. The Bertz CT molecular complexity index is 1060. The van der Waals surface area contributed by atoms with E-state index >= 15 is 4.39 Å². The van der Waals surface area contributed by atoms with E-state index < -0.39 is 24.2 Å². The summed E-state index contributed by atoms with van der Waals surface area (Å²) in [5.41, 5.74) is 0.0468. The van der Waals surface area contributed by atoms with Crippen molar-refractivity contribution in [3.8, 4) is 0 Å². The van der Waals surface area contributed by atoms with Crippen LogP contribution in [0.3, 0.4) is 0 Å². The Kier molecular flexibility index (Phi) is 10.0. The minimum Gasteiger partial charge on any atom is -0.379 e. The molecule has 3 heterocycles. The molecule has 0 aromatic rings. The summed E-state index contributed by atoms with van der Waals surface area (Å²) in [6, 6.07) is -0.580. The molecule has 0 radical (unpaired) electrons. The Labute approximate surface area is 263 Å². The van der Waals surface area contributed by atoms with Gasteiger partial charge in [0.05, 0.1) is 49.1 Å². The van der Waals surface area contributed by atoms with Gasteiger partial charge in [-0.2, -0.15) is 0 Å². The van der Waals surface area contributed by atoms with Crippen LogP contribution in [0.2, 0.25) is 0 Å². The second-order valence-corrected chi connectivity index (χ2v) is 15.6. The van der Waals surface area contributed by atoms with Gasteiger partial charge in [0.1, 0.15) is 6.17 Å². The minimum absolute atomic E-state index is 0.00742. The third-order valence-electron chi connectivity index (χ3n) is 11.3. The first-order chi connectivity index (χ1) is 21.1. The molecule has 2 N–H and O–H groups in total. The van der Waals surface area contributed by atoms with Gasteiger partial charge in [-0.05, 0) is 70.1 Å². The fourth-order valence-corrected chi connectivity index (χ4v) is 9.42. The van der Waals surface area contributed by atoms with E-state index in [1.54, 1.807) is 0 Å². The first-order valence-corrected chi connectivity index (χ1v) is 17.4. The van der Waals surface area contributed by atoms with Gasteiger partial charge in [0.25, 0.3) is 5.91 Å². The smallest absolute Gasteiger partial charge is 0.256 e. The fraction of sp³-hybridized carbons (Fsp3) is 0.882.